The molecule has 0 N–H and O–H groups in total. The lowest BCUT2D eigenvalue weighted by atomic mass is 10.2. The van der Waals surface area contributed by atoms with Crippen LogP contribution >= 0.6 is 0 Å². The Morgan fingerprint density at radius 1 is 0.793 bits per heavy atom. The first-order valence-electron chi connectivity index (χ1n) is 9.61. The average Bonchev–Trinajstić information content (AvgIpc) is 3.21. The molecule has 1 saturated heterocycles. The van der Waals surface area contributed by atoms with Crippen LogP contribution in [-0.4, -0.2) is 57.7 Å². The van der Waals surface area contributed by atoms with Gasteiger partial charge in [0.1, 0.15) is 5.69 Å². The Morgan fingerprint density at radius 3 is 1.79 bits per heavy atom. The first kappa shape index (κ1) is 18.7. The van der Waals surface area contributed by atoms with Crippen molar-refractivity contribution in [3.05, 3.63) is 78.6 Å². The Bertz CT molecular complexity index is 939. The van der Waals surface area contributed by atoms with E-state index in [1.54, 1.807) is 38.7 Å². The number of aryl methyl sites for hydroxylation is 1. The van der Waals surface area contributed by atoms with Crippen LogP contribution in [0.2, 0.25) is 0 Å². The number of aromatic nitrogens is 2. The van der Waals surface area contributed by atoms with Crippen molar-refractivity contribution >= 4 is 23.3 Å². The monoisotopic (exact) mass is 389 g/mol. The maximum Gasteiger partial charge on any atom is 0.329 e. The summed E-state index contributed by atoms with van der Waals surface area (Å²) >= 11 is 0. The molecule has 4 rings (SSSR count). The first-order chi connectivity index (χ1) is 14.1. The fourth-order valence-electron chi connectivity index (χ4n) is 3.51. The number of carbonyl (C=O) groups excluding carboxylic acids is 2. The van der Waals surface area contributed by atoms with E-state index in [0.717, 1.165) is 11.4 Å². The molecule has 1 aromatic heterocycles. The first-order valence-corrected chi connectivity index (χ1v) is 9.61. The molecule has 0 aliphatic carbocycles. The summed E-state index contributed by atoms with van der Waals surface area (Å²) in [6.07, 6.45) is 1.62. The van der Waals surface area contributed by atoms with E-state index in [9.17, 15) is 9.59 Å². The van der Waals surface area contributed by atoms with Crippen LogP contribution < -0.4 is 4.90 Å². The van der Waals surface area contributed by atoms with Gasteiger partial charge in [0.25, 0.3) is 5.91 Å². The van der Waals surface area contributed by atoms with Gasteiger partial charge in [-0.15, -0.1) is 0 Å². The zero-order valence-electron chi connectivity index (χ0n) is 16.3. The van der Waals surface area contributed by atoms with Crippen molar-refractivity contribution in [1.82, 2.24) is 19.6 Å². The SMILES string of the molecule is Cn1nccc1C(=O)N1CCN(C(=O)N(c2ccccc2)c2ccccc2)CC1. The smallest absolute Gasteiger partial charge is 0.329 e. The third kappa shape index (κ3) is 3.85. The van der Waals surface area contributed by atoms with Crippen molar-refractivity contribution in [2.45, 2.75) is 0 Å². The van der Waals surface area contributed by atoms with Crippen molar-refractivity contribution in [3.8, 4) is 0 Å². The van der Waals surface area contributed by atoms with E-state index in [2.05, 4.69) is 5.10 Å². The fraction of sp³-hybridized carbons (Fsp3) is 0.227. The van der Waals surface area contributed by atoms with E-state index < -0.39 is 0 Å². The van der Waals surface area contributed by atoms with Crippen molar-refractivity contribution in [1.29, 1.82) is 0 Å². The highest BCUT2D eigenvalue weighted by molar-refractivity contribution is 5.99. The van der Waals surface area contributed by atoms with Gasteiger partial charge in [0.15, 0.2) is 0 Å². The summed E-state index contributed by atoms with van der Waals surface area (Å²) in [5.41, 5.74) is 2.19. The van der Waals surface area contributed by atoms with Crippen molar-refractivity contribution in [2.75, 3.05) is 31.1 Å². The Balaban J connectivity index is 1.50. The molecule has 2 heterocycles. The highest BCUT2D eigenvalue weighted by atomic mass is 16.2. The van der Waals surface area contributed by atoms with Gasteiger partial charge in [-0.1, -0.05) is 36.4 Å². The van der Waals surface area contributed by atoms with Gasteiger partial charge in [-0.3, -0.25) is 14.4 Å². The van der Waals surface area contributed by atoms with Crippen LogP contribution in [-0.2, 0) is 7.05 Å². The Kier molecular flexibility index (Phi) is 5.29. The van der Waals surface area contributed by atoms with E-state index >= 15 is 0 Å². The molecule has 0 unspecified atom stereocenters. The molecule has 0 radical (unpaired) electrons. The zero-order chi connectivity index (χ0) is 20.2. The van der Waals surface area contributed by atoms with Gasteiger partial charge in [0.2, 0.25) is 0 Å². The molecule has 3 amide bonds. The topological polar surface area (TPSA) is 61.7 Å². The number of piperazine rings is 1. The van der Waals surface area contributed by atoms with Gasteiger partial charge >= 0.3 is 6.03 Å². The van der Waals surface area contributed by atoms with Crippen molar-refractivity contribution in [3.63, 3.8) is 0 Å². The van der Waals surface area contributed by atoms with Crippen LogP contribution in [0.15, 0.2) is 72.9 Å². The van der Waals surface area contributed by atoms with E-state index in [4.69, 9.17) is 0 Å². The summed E-state index contributed by atoms with van der Waals surface area (Å²) in [7, 11) is 1.75. The highest BCUT2D eigenvalue weighted by Gasteiger charge is 2.29. The summed E-state index contributed by atoms with van der Waals surface area (Å²) < 4.78 is 1.58. The van der Waals surface area contributed by atoms with Crippen molar-refractivity contribution < 1.29 is 9.59 Å². The summed E-state index contributed by atoms with van der Waals surface area (Å²) in [4.78, 5) is 31.4. The van der Waals surface area contributed by atoms with Crippen LogP contribution in [0.25, 0.3) is 0 Å². The van der Waals surface area contributed by atoms with E-state index in [1.807, 2.05) is 60.7 Å². The normalized spacial score (nSPS) is 14.0. The van der Waals surface area contributed by atoms with Gasteiger partial charge in [0.05, 0.1) is 11.4 Å². The minimum absolute atomic E-state index is 0.0555. The Hall–Kier alpha value is -3.61. The number of anilines is 2. The lowest BCUT2D eigenvalue weighted by molar-refractivity contribution is 0.0659. The van der Waals surface area contributed by atoms with Crippen LogP contribution in [0.4, 0.5) is 16.2 Å². The number of rotatable bonds is 3. The summed E-state index contributed by atoms with van der Waals surface area (Å²) in [5.74, 6) is -0.0555. The molecule has 3 aromatic rings. The molecule has 1 fully saturated rings. The lowest BCUT2D eigenvalue weighted by Crippen LogP contribution is -2.53. The number of amides is 3. The Labute approximate surface area is 169 Å². The molecule has 7 nitrogen and oxygen atoms in total. The molecule has 1 aliphatic heterocycles. The van der Waals surface area contributed by atoms with Crippen LogP contribution in [0.3, 0.4) is 0 Å². The quantitative estimate of drug-likeness (QED) is 0.691. The number of urea groups is 1. The summed E-state index contributed by atoms with van der Waals surface area (Å²) in [5, 5.41) is 4.06. The Morgan fingerprint density at radius 2 is 1.31 bits per heavy atom. The molecule has 0 saturated carbocycles. The average molecular weight is 389 g/mol. The number of hydrogen-bond acceptors (Lipinski definition) is 3. The zero-order valence-corrected chi connectivity index (χ0v) is 16.3. The standard InChI is InChI=1S/C22H23N5O2/c1-24-20(12-13-23-24)21(28)25-14-16-26(17-15-25)22(29)27(18-8-4-2-5-9-18)19-10-6-3-7-11-19/h2-13H,14-17H2,1H3. The van der Waals surface area contributed by atoms with E-state index in [1.165, 1.54) is 0 Å². The number of nitrogens with zero attached hydrogens (tertiary/aromatic N) is 5. The third-order valence-electron chi connectivity index (χ3n) is 5.10. The highest BCUT2D eigenvalue weighted by Crippen LogP contribution is 2.27. The van der Waals surface area contributed by atoms with Gasteiger partial charge in [-0.25, -0.2) is 4.79 Å². The lowest BCUT2D eigenvalue weighted by Gasteiger charge is -2.37. The van der Waals surface area contributed by atoms with Gasteiger partial charge in [-0.2, -0.15) is 5.10 Å². The van der Waals surface area contributed by atoms with Crippen LogP contribution in [0.1, 0.15) is 10.5 Å². The number of carbonyl (C=O) groups is 2. The summed E-state index contributed by atoms with van der Waals surface area (Å²) in [6.45, 7) is 1.96. The maximum atomic E-state index is 13.4. The van der Waals surface area contributed by atoms with Gasteiger partial charge < -0.3 is 9.80 Å². The van der Waals surface area contributed by atoms with Gasteiger partial charge in [-0.05, 0) is 30.3 Å². The van der Waals surface area contributed by atoms with Crippen LogP contribution in [0.5, 0.6) is 0 Å². The molecule has 29 heavy (non-hydrogen) atoms. The number of para-hydroxylation sites is 2. The molecule has 0 bridgehead atoms. The maximum absolute atomic E-state index is 13.4. The molecule has 7 heteroatoms. The predicted molar refractivity (Wildman–Crippen MR) is 111 cm³/mol. The molecule has 0 atom stereocenters. The molecular weight excluding hydrogens is 366 g/mol. The second-order valence-corrected chi connectivity index (χ2v) is 6.91. The molecule has 2 aromatic carbocycles. The van der Waals surface area contributed by atoms with Gasteiger partial charge in [0, 0.05) is 39.4 Å². The predicted octanol–water partition coefficient (Wildman–Crippen LogP) is 3.14. The van der Waals surface area contributed by atoms with E-state index in [0.29, 0.717) is 31.9 Å². The second kappa shape index (κ2) is 8.18. The fourth-order valence-corrected chi connectivity index (χ4v) is 3.51. The minimum Gasteiger partial charge on any atom is -0.334 e. The van der Waals surface area contributed by atoms with Crippen molar-refractivity contribution in [2.24, 2.45) is 7.05 Å². The summed E-state index contributed by atoms with van der Waals surface area (Å²) in [6, 6.07) is 20.9. The number of hydrogen-bond donors (Lipinski definition) is 0. The third-order valence-corrected chi connectivity index (χ3v) is 5.10. The second-order valence-electron chi connectivity index (χ2n) is 6.91. The number of benzene rings is 2. The van der Waals surface area contributed by atoms with E-state index in [-0.39, 0.29) is 11.9 Å². The minimum atomic E-state index is -0.0879. The molecule has 148 valence electrons. The molecule has 1 aliphatic rings. The van der Waals surface area contributed by atoms with Crippen LogP contribution in [0, 0.1) is 0 Å². The molecule has 0 spiro atoms. The largest absolute Gasteiger partial charge is 0.334 e. The molecular formula is C22H23N5O2.